The number of nitrogens with zero attached hydrogens (tertiary/aromatic N) is 1. The second kappa shape index (κ2) is 6.74. The fourth-order valence-corrected chi connectivity index (χ4v) is 3.10. The van der Waals surface area contributed by atoms with Crippen molar-refractivity contribution in [2.24, 2.45) is 11.7 Å². The lowest BCUT2D eigenvalue weighted by Crippen LogP contribution is -2.29. The predicted octanol–water partition coefficient (Wildman–Crippen LogP) is 3.12. The first kappa shape index (κ1) is 15.5. The molecule has 1 saturated heterocycles. The molecule has 0 spiro atoms. The zero-order chi connectivity index (χ0) is 14.7. The van der Waals surface area contributed by atoms with Crippen LogP contribution in [0.25, 0.3) is 0 Å². The molecule has 1 aliphatic heterocycles. The van der Waals surface area contributed by atoms with Crippen molar-refractivity contribution in [1.29, 1.82) is 0 Å². The van der Waals surface area contributed by atoms with E-state index in [9.17, 15) is 0 Å². The lowest BCUT2D eigenvalue weighted by molar-refractivity contribution is 0.266. The van der Waals surface area contributed by atoms with Crippen molar-refractivity contribution in [3.63, 3.8) is 0 Å². The standard InChI is InChI=1S/C15H22ClN3S/c1-10(2)19-6-5-11(9-19)8-18-12-3-4-13(15(17)20)14(16)7-12/h3-4,7,10-11,18H,5-6,8-9H2,1-2H3,(H2,17,20). The minimum Gasteiger partial charge on any atom is -0.389 e. The highest BCUT2D eigenvalue weighted by atomic mass is 35.5. The van der Waals surface area contributed by atoms with Crippen LogP contribution in [0.5, 0.6) is 0 Å². The molecule has 2 rings (SSSR count). The van der Waals surface area contributed by atoms with Gasteiger partial charge in [-0.15, -0.1) is 0 Å². The Balaban J connectivity index is 1.89. The van der Waals surface area contributed by atoms with Crippen LogP contribution in [0, 0.1) is 5.92 Å². The summed E-state index contributed by atoms with van der Waals surface area (Å²) in [5.41, 5.74) is 7.36. The van der Waals surface area contributed by atoms with Crippen LogP contribution in [-0.4, -0.2) is 35.6 Å². The number of benzene rings is 1. The average molecular weight is 312 g/mol. The van der Waals surface area contributed by atoms with Crippen LogP contribution in [0.3, 0.4) is 0 Å². The number of hydrogen-bond acceptors (Lipinski definition) is 3. The number of nitrogens with one attached hydrogen (secondary N) is 1. The van der Waals surface area contributed by atoms with E-state index in [0.29, 0.717) is 22.0 Å². The Morgan fingerprint density at radius 2 is 2.30 bits per heavy atom. The highest BCUT2D eigenvalue weighted by molar-refractivity contribution is 7.80. The molecular weight excluding hydrogens is 290 g/mol. The lowest BCUT2D eigenvalue weighted by Gasteiger charge is -2.20. The van der Waals surface area contributed by atoms with Gasteiger partial charge >= 0.3 is 0 Å². The normalized spacial score (nSPS) is 19.5. The largest absolute Gasteiger partial charge is 0.389 e. The second-order valence-corrected chi connectivity index (χ2v) is 6.53. The van der Waals surface area contributed by atoms with Crippen LogP contribution in [0.1, 0.15) is 25.8 Å². The molecule has 1 unspecified atom stereocenters. The molecular formula is C15H22ClN3S. The zero-order valence-electron chi connectivity index (χ0n) is 12.0. The minimum atomic E-state index is 0.338. The summed E-state index contributed by atoms with van der Waals surface area (Å²) in [4.78, 5) is 2.86. The molecule has 1 aromatic carbocycles. The van der Waals surface area contributed by atoms with Gasteiger partial charge in [0.25, 0.3) is 0 Å². The van der Waals surface area contributed by atoms with Gasteiger partial charge in [0.15, 0.2) is 0 Å². The lowest BCUT2D eigenvalue weighted by atomic mass is 10.1. The third-order valence-electron chi connectivity index (χ3n) is 3.88. The van der Waals surface area contributed by atoms with Crippen LogP contribution in [-0.2, 0) is 0 Å². The van der Waals surface area contributed by atoms with E-state index in [-0.39, 0.29) is 0 Å². The molecule has 0 radical (unpaired) electrons. The maximum atomic E-state index is 6.17. The smallest absolute Gasteiger partial charge is 0.105 e. The van der Waals surface area contributed by atoms with Gasteiger partial charge in [0.2, 0.25) is 0 Å². The number of rotatable bonds is 5. The molecule has 1 heterocycles. The Morgan fingerprint density at radius 1 is 1.55 bits per heavy atom. The molecule has 3 N–H and O–H groups in total. The summed E-state index contributed by atoms with van der Waals surface area (Å²) in [5, 5.41) is 4.07. The summed E-state index contributed by atoms with van der Waals surface area (Å²) in [6.45, 7) is 7.86. The van der Waals surface area contributed by atoms with Crippen molar-refractivity contribution in [2.75, 3.05) is 25.0 Å². The first-order valence-electron chi connectivity index (χ1n) is 7.04. The quantitative estimate of drug-likeness (QED) is 0.820. The molecule has 20 heavy (non-hydrogen) atoms. The van der Waals surface area contributed by atoms with E-state index in [2.05, 4.69) is 24.1 Å². The highest BCUT2D eigenvalue weighted by Gasteiger charge is 2.23. The Hall–Kier alpha value is -0.840. The van der Waals surface area contributed by atoms with Crippen LogP contribution in [0.4, 0.5) is 5.69 Å². The van der Waals surface area contributed by atoms with Crippen molar-refractivity contribution in [3.8, 4) is 0 Å². The second-order valence-electron chi connectivity index (χ2n) is 5.68. The average Bonchev–Trinajstić information content (AvgIpc) is 2.85. The number of likely N-dealkylation sites (tertiary alicyclic amines) is 1. The van der Waals surface area contributed by atoms with Crippen LogP contribution in [0.2, 0.25) is 5.02 Å². The van der Waals surface area contributed by atoms with Gasteiger partial charge in [0, 0.05) is 30.4 Å². The van der Waals surface area contributed by atoms with Gasteiger partial charge in [-0.3, -0.25) is 0 Å². The molecule has 3 nitrogen and oxygen atoms in total. The Morgan fingerprint density at radius 3 is 2.85 bits per heavy atom. The number of hydrogen-bond donors (Lipinski definition) is 2. The topological polar surface area (TPSA) is 41.3 Å². The summed E-state index contributed by atoms with van der Waals surface area (Å²) >= 11 is 11.1. The maximum absolute atomic E-state index is 6.17. The Bertz CT molecular complexity index is 490. The first-order chi connectivity index (χ1) is 9.47. The molecule has 1 aromatic rings. The van der Waals surface area contributed by atoms with Gasteiger partial charge in [-0.05, 0) is 50.9 Å². The molecule has 0 aromatic heterocycles. The van der Waals surface area contributed by atoms with Crippen molar-refractivity contribution in [3.05, 3.63) is 28.8 Å². The van der Waals surface area contributed by atoms with Crippen molar-refractivity contribution in [1.82, 2.24) is 4.90 Å². The van der Waals surface area contributed by atoms with Crippen molar-refractivity contribution in [2.45, 2.75) is 26.3 Å². The van der Waals surface area contributed by atoms with E-state index in [4.69, 9.17) is 29.6 Å². The molecule has 1 aliphatic rings. The predicted molar refractivity (Wildman–Crippen MR) is 90.6 cm³/mol. The summed E-state index contributed by atoms with van der Waals surface area (Å²) < 4.78 is 0. The summed E-state index contributed by atoms with van der Waals surface area (Å²) in [6.07, 6.45) is 1.25. The molecule has 1 fully saturated rings. The molecule has 0 aliphatic carbocycles. The summed E-state index contributed by atoms with van der Waals surface area (Å²) in [7, 11) is 0. The monoisotopic (exact) mass is 311 g/mol. The third-order valence-corrected chi connectivity index (χ3v) is 4.41. The zero-order valence-corrected chi connectivity index (χ0v) is 13.6. The van der Waals surface area contributed by atoms with E-state index >= 15 is 0 Å². The van der Waals surface area contributed by atoms with Crippen molar-refractivity contribution >= 4 is 34.5 Å². The Labute approximate surface area is 131 Å². The van der Waals surface area contributed by atoms with E-state index < -0.39 is 0 Å². The summed E-state index contributed by atoms with van der Waals surface area (Å²) in [6, 6.07) is 6.39. The first-order valence-corrected chi connectivity index (χ1v) is 7.83. The number of halogens is 1. The number of thiocarbonyl (C=S) groups is 1. The van der Waals surface area contributed by atoms with Gasteiger partial charge in [-0.25, -0.2) is 0 Å². The SMILES string of the molecule is CC(C)N1CCC(CNc2ccc(C(N)=S)c(Cl)c2)C1. The number of anilines is 1. The van der Waals surface area contributed by atoms with Crippen LogP contribution < -0.4 is 11.1 Å². The molecule has 1 atom stereocenters. The van der Waals surface area contributed by atoms with Crippen LogP contribution in [0.15, 0.2) is 18.2 Å². The molecule has 0 amide bonds. The van der Waals surface area contributed by atoms with Crippen LogP contribution >= 0.6 is 23.8 Å². The van der Waals surface area contributed by atoms with Gasteiger partial charge < -0.3 is 16.0 Å². The molecule has 0 bridgehead atoms. The van der Waals surface area contributed by atoms with E-state index in [0.717, 1.165) is 17.8 Å². The summed E-state index contributed by atoms with van der Waals surface area (Å²) in [5.74, 6) is 0.700. The van der Waals surface area contributed by atoms with Gasteiger partial charge in [-0.1, -0.05) is 23.8 Å². The van der Waals surface area contributed by atoms with E-state index in [1.807, 2.05) is 18.2 Å². The molecule has 5 heteroatoms. The minimum absolute atomic E-state index is 0.338. The Kier molecular flexibility index (Phi) is 5.24. The fraction of sp³-hybridized carbons (Fsp3) is 0.533. The van der Waals surface area contributed by atoms with E-state index in [1.54, 1.807) is 0 Å². The van der Waals surface area contributed by atoms with Gasteiger partial charge in [0.1, 0.15) is 4.99 Å². The molecule has 110 valence electrons. The number of nitrogens with two attached hydrogens (primary N) is 1. The van der Waals surface area contributed by atoms with Gasteiger partial charge in [-0.2, -0.15) is 0 Å². The van der Waals surface area contributed by atoms with E-state index in [1.165, 1.54) is 19.5 Å². The van der Waals surface area contributed by atoms with Crippen molar-refractivity contribution < 1.29 is 0 Å². The fourth-order valence-electron chi connectivity index (χ4n) is 2.59. The highest BCUT2D eigenvalue weighted by Crippen LogP contribution is 2.23. The maximum Gasteiger partial charge on any atom is 0.105 e. The van der Waals surface area contributed by atoms with Gasteiger partial charge in [0.05, 0.1) is 5.02 Å². The molecule has 0 saturated carbocycles. The third kappa shape index (κ3) is 3.84.